The summed E-state index contributed by atoms with van der Waals surface area (Å²) >= 11 is 0. The Bertz CT molecular complexity index is 806. The van der Waals surface area contributed by atoms with Gasteiger partial charge in [-0.1, -0.05) is 12.1 Å². The Hall–Kier alpha value is -3.22. The lowest BCUT2D eigenvalue weighted by molar-refractivity contribution is -0.130. The average molecular weight is 356 g/mol. The smallest absolute Gasteiger partial charge is 0.284 e. The van der Waals surface area contributed by atoms with Crippen molar-refractivity contribution < 1.29 is 23.7 Å². The van der Waals surface area contributed by atoms with Crippen LogP contribution in [0.25, 0.3) is 0 Å². The molecule has 2 aromatic rings. The quantitative estimate of drug-likeness (QED) is 0.635. The minimum Gasteiger partial charge on any atom is -0.493 e. The Balaban J connectivity index is 1.59. The molecule has 1 aliphatic rings. The first-order valence-electron chi connectivity index (χ1n) is 8.23. The summed E-state index contributed by atoms with van der Waals surface area (Å²) < 4.78 is 21.9. The summed E-state index contributed by atoms with van der Waals surface area (Å²) in [5.41, 5.74) is 3.22. The zero-order valence-corrected chi connectivity index (χ0v) is 14.6. The van der Waals surface area contributed by atoms with E-state index in [0.29, 0.717) is 29.6 Å². The van der Waals surface area contributed by atoms with Gasteiger partial charge < -0.3 is 18.9 Å². The maximum absolute atomic E-state index is 12.2. The van der Waals surface area contributed by atoms with E-state index in [0.717, 1.165) is 5.56 Å². The van der Waals surface area contributed by atoms with E-state index in [-0.39, 0.29) is 12.5 Å². The van der Waals surface area contributed by atoms with Crippen molar-refractivity contribution in [3.63, 3.8) is 0 Å². The molecule has 1 N–H and O–H groups in total. The number of nitrogens with one attached hydrogen (secondary N) is 1. The van der Waals surface area contributed by atoms with E-state index < -0.39 is 6.10 Å². The lowest BCUT2D eigenvalue weighted by Gasteiger charge is -2.24. The second kappa shape index (κ2) is 8.24. The molecule has 2 aromatic carbocycles. The van der Waals surface area contributed by atoms with Crippen molar-refractivity contribution in [3.05, 3.63) is 48.0 Å². The molecule has 136 valence electrons. The van der Waals surface area contributed by atoms with Crippen LogP contribution in [-0.4, -0.2) is 38.5 Å². The van der Waals surface area contributed by atoms with Crippen molar-refractivity contribution in [1.29, 1.82) is 0 Å². The molecule has 0 aliphatic carbocycles. The lowest BCUT2D eigenvalue weighted by atomic mass is 10.2. The number of methoxy groups -OCH3 is 1. The third-order valence-electron chi connectivity index (χ3n) is 3.68. The van der Waals surface area contributed by atoms with Gasteiger partial charge in [0.1, 0.15) is 6.61 Å². The Morgan fingerprint density at radius 3 is 2.85 bits per heavy atom. The predicted octanol–water partition coefficient (Wildman–Crippen LogP) is 2.38. The molecule has 0 bridgehead atoms. The highest BCUT2D eigenvalue weighted by molar-refractivity contribution is 5.85. The van der Waals surface area contributed by atoms with Crippen LogP contribution < -0.4 is 24.4 Å². The molecule has 1 unspecified atom stereocenters. The van der Waals surface area contributed by atoms with Gasteiger partial charge in [0.05, 0.1) is 19.9 Å². The summed E-state index contributed by atoms with van der Waals surface area (Å²) in [6.07, 6.45) is 0.769. The first-order chi connectivity index (χ1) is 12.7. The number of hydrogen-bond acceptors (Lipinski definition) is 6. The maximum atomic E-state index is 12.2. The fraction of sp³-hybridized carbons (Fsp3) is 0.263. The summed E-state index contributed by atoms with van der Waals surface area (Å²) in [5, 5.41) is 3.97. The van der Waals surface area contributed by atoms with Crippen molar-refractivity contribution in [1.82, 2.24) is 5.43 Å². The average Bonchev–Trinajstić information content (AvgIpc) is 2.68. The number of hydrazone groups is 1. The number of fused-ring (bicyclic) bond motifs is 1. The third kappa shape index (κ3) is 4.05. The highest BCUT2D eigenvalue weighted by atomic mass is 16.6. The van der Waals surface area contributed by atoms with Gasteiger partial charge in [0.25, 0.3) is 5.91 Å². The molecule has 0 fully saturated rings. The van der Waals surface area contributed by atoms with Crippen LogP contribution in [0.5, 0.6) is 23.0 Å². The van der Waals surface area contributed by atoms with Crippen LogP contribution in [0, 0.1) is 0 Å². The number of rotatable bonds is 6. The Morgan fingerprint density at radius 1 is 1.27 bits per heavy atom. The molecular weight excluding hydrogens is 336 g/mol. The highest BCUT2D eigenvalue weighted by Crippen LogP contribution is 2.31. The number of carbonyl (C=O) groups excluding carboxylic acids is 1. The summed E-state index contributed by atoms with van der Waals surface area (Å²) in [6.45, 7) is 2.58. The van der Waals surface area contributed by atoms with E-state index in [1.807, 2.05) is 25.1 Å². The number of carbonyl (C=O) groups is 1. The van der Waals surface area contributed by atoms with Crippen LogP contribution in [0.2, 0.25) is 0 Å². The van der Waals surface area contributed by atoms with Crippen molar-refractivity contribution in [2.24, 2.45) is 5.10 Å². The number of para-hydroxylation sites is 2. The molecule has 0 saturated carbocycles. The molecule has 1 atom stereocenters. The molecule has 26 heavy (non-hydrogen) atoms. The van der Waals surface area contributed by atoms with Gasteiger partial charge >= 0.3 is 0 Å². The van der Waals surface area contributed by atoms with Crippen LogP contribution in [0.4, 0.5) is 0 Å². The van der Waals surface area contributed by atoms with Crippen molar-refractivity contribution in [2.75, 3.05) is 20.3 Å². The fourth-order valence-electron chi connectivity index (χ4n) is 2.43. The number of amides is 1. The maximum Gasteiger partial charge on any atom is 0.284 e. The van der Waals surface area contributed by atoms with Crippen LogP contribution >= 0.6 is 0 Å². The van der Waals surface area contributed by atoms with Gasteiger partial charge in [-0.15, -0.1) is 0 Å². The van der Waals surface area contributed by atoms with E-state index >= 15 is 0 Å². The van der Waals surface area contributed by atoms with E-state index in [2.05, 4.69) is 10.5 Å². The number of benzene rings is 2. The largest absolute Gasteiger partial charge is 0.493 e. The second-order valence-corrected chi connectivity index (χ2v) is 5.44. The zero-order chi connectivity index (χ0) is 18.4. The van der Waals surface area contributed by atoms with E-state index in [1.54, 1.807) is 31.4 Å². The molecule has 0 spiro atoms. The number of hydrogen-bond donors (Lipinski definition) is 1. The van der Waals surface area contributed by atoms with Gasteiger partial charge in [0.2, 0.25) is 6.10 Å². The Labute approximate surface area is 151 Å². The predicted molar refractivity (Wildman–Crippen MR) is 96.3 cm³/mol. The normalized spacial score (nSPS) is 15.5. The van der Waals surface area contributed by atoms with Crippen LogP contribution in [-0.2, 0) is 4.79 Å². The molecule has 7 heteroatoms. The third-order valence-corrected chi connectivity index (χ3v) is 3.68. The minimum atomic E-state index is -0.753. The number of nitrogens with zero attached hydrogens (tertiary/aromatic N) is 1. The molecule has 0 radical (unpaired) electrons. The molecule has 7 nitrogen and oxygen atoms in total. The van der Waals surface area contributed by atoms with Gasteiger partial charge in [-0.25, -0.2) is 5.43 Å². The Kier molecular flexibility index (Phi) is 5.58. The molecule has 3 rings (SSSR count). The first-order valence-corrected chi connectivity index (χ1v) is 8.23. The summed E-state index contributed by atoms with van der Waals surface area (Å²) in [6, 6.07) is 12.6. The van der Waals surface area contributed by atoms with Crippen molar-refractivity contribution in [3.8, 4) is 23.0 Å². The van der Waals surface area contributed by atoms with E-state index in [9.17, 15) is 4.79 Å². The van der Waals surface area contributed by atoms with Gasteiger partial charge in [0.15, 0.2) is 23.0 Å². The number of ether oxygens (including phenoxy) is 4. The standard InChI is InChI=1S/C19H20N2O5/c1-3-24-15-9-8-13(10-17(15)23-2)11-20-21-19(22)18-12-25-14-6-4-5-7-16(14)26-18/h4-11,18H,3,12H2,1-2H3,(H,21,22)/b20-11+. The van der Waals surface area contributed by atoms with Gasteiger partial charge in [-0.2, -0.15) is 5.10 Å². The minimum absolute atomic E-state index is 0.134. The van der Waals surface area contributed by atoms with Gasteiger partial charge in [0, 0.05) is 0 Å². The van der Waals surface area contributed by atoms with E-state index in [4.69, 9.17) is 18.9 Å². The summed E-state index contributed by atoms with van der Waals surface area (Å²) in [5.74, 6) is 2.04. The molecule has 1 aliphatic heterocycles. The summed E-state index contributed by atoms with van der Waals surface area (Å²) in [7, 11) is 1.57. The van der Waals surface area contributed by atoms with Crippen LogP contribution in [0.1, 0.15) is 12.5 Å². The second-order valence-electron chi connectivity index (χ2n) is 5.44. The van der Waals surface area contributed by atoms with Crippen LogP contribution in [0.3, 0.4) is 0 Å². The molecule has 0 aromatic heterocycles. The highest BCUT2D eigenvalue weighted by Gasteiger charge is 2.26. The van der Waals surface area contributed by atoms with Gasteiger partial charge in [-0.05, 0) is 42.8 Å². The first kappa shape index (κ1) is 17.6. The van der Waals surface area contributed by atoms with Crippen LogP contribution in [0.15, 0.2) is 47.6 Å². The SMILES string of the molecule is CCOc1ccc(/C=N/NC(=O)C2COc3ccccc3O2)cc1OC. The monoisotopic (exact) mass is 356 g/mol. The molecule has 1 heterocycles. The fourth-order valence-corrected chi connectivity index (χ4v) is 2.43. The van der Waals surface area contributed by atoms with Crippen molar-refractivity contribution in [2.45, 2.75) is 13.0 Å². The van der Waals surface area contributed by atoms with E-state index in [1.165, 1.54) is 6.21 Å². The van der Waals surface area contributed by atoms with Crippen molar-refractivity contribution >= 4 is 12.1 Å². The molecular formula is C19H20N2O5. The molecule has 1 amide bonds. The van der Waals surface area contributed by atoms with Gasteiger partial charge in [-0.3, -0.25) is 4.79 Å². The summed E-state index contributed by atoms with van der Waals surface area (Å²) in [4.78, 5) is 12.2. The molecule has 0 saturated heterocycles. The Morgan fingerprint density at radius 2 is 2.08 bits per heavy atom. The zero-order valence-electron chi connectivity index (χ0n) is 14.6. The topological polar surface area (TPSA) is 78.4 Å². The lowest BCUT2D eigenvalue weighted by Crippen LogP contribution is -2.42.